The van der Waals surface area contributed by atoms with Gasteiger partial charge in [0, 0.05) is 35.3 Å². The molecule has 1 unspecified atom stereocenters. The Balaban J connectivity index is 0.00000144. The predicted molar refractivity (Wildman–Crippen MR) is 142 cm³/mol. The number of nitrogens with zero attached hydrogens (tertiary/aromatic N) is 2. The lowest BCUT2D eigenvalue weighted by Crippen LogP contribution is -2.48. The highest BCUT2D eigenvalue weighted by Gasteiger charge is 2.35. The Morgan fingerprint density at radius 2 is 1.88 bits per heavy atom. The topological polar surface area (TPSA) is 32.8 Å². The van der Waals surface area contributed by atoms with Crippen molar-refractivity contribution < 1.29 is 13.9 Å². The third kappa shape index (κ3) is 10.5. The summed E-state index contributed by atoms with van der Waals surface area (Å²) in [4.78, 5) is 14.7. The quantitative estimate of drug-likeness (QED) is 0.220. The summed E-state index contributed by atoms with van der Waals surface area (Å²) in [5.74, 6) is -0.130. The highest BCUT2D eigenvalue weighted by molar-refractivity contribution is 8.01. The molecule has 0 N–H and O–H groups in total. The molecular formula is C25H42FN2O2PS. The van der Waals surface area contributed by atoms with Crippen LogP contribution in [0.15, 0.2) is 59.0 Å². The van der Waals surface area contributed by atoms with E-state index in [-0.39, 0.29) is 24.6 Å². The molecule has 0 aromatic heterocycles. The molecule has 1 amide bonds. The van der Waals surface area contributed by atoms with Crippen LogP contribution in [0.5, 0.6) is 0 Å². The van der Waals surface area contributed by atoms with Crippen LogP contribution in [0.1, 0.15) is 60.8 Å². The fraction of sp³-hybridized carbons (Fsp3) is 0.560. The van der Waals surface area contributed by atoms with Crippen LogP contribution in [0.4, 0.5) is 9.18 Å². The molecule has 32 heavy (non-hydrogen) atoms. The van der Waals surface area contributed by atoms with Crippen LogP contribution in [0, 0.1) is 0 Å². The monoisotopic (exact) mass is 484 g/mol. The first-order valence-electron chi connectivity index (χ1n) is 11.5. The molecule has 1 atom stereocenters. The summed E-state index contributed by atoms with van der Waals surface area (Å²) in [6.07, 6.45) is 12.9. The minimum atomic E-state index is -0.317. The van der Waals surface area contributed by atoms with Crippen LogP contribution in [-0.2, 0) is 4.74 Å². The number of piperidine rings is 1. The van der Waals surface area contributed by atoms with Gasteiger partial charge in [-0.15, -0.1) is 9.24 Å². The first-order valence-corrected chi connectivity index (χ1v) is 13.0. The zero-order chi connectivity index (χ0) is 24.5. The molecule has 0 spiro atoms. The zero-order valence-electron chi connectivity index (χ0n) is 20.7. The van der Waals surface area contributed by atoms with Crippen molar-refractivity contribution in [2.45, 2.75) is 66.8 Å². The van der Waals surface area contributed by atoms with Crippen molar-refractivity contribution in [1.82, 2.24) is 9.21 Å². The summed E-state index contributed by atoms with van der Waals surface area (Å²) in [6, 6.07) is 0.0700. The number of allylic oxidation sites excluding steroid dienone is 7. The number of cyclic esters (lactones) is 1. The van der Waals surface area contributed by atoms with Gasteiger partial charge in [0.1, 0.15) is 12.4 Å². The second-order valence-electron chi connectivity index (χ2n) is 6.98. The molecule has 4 nitrogen and oxygen atoms in total. The van der Waals surface area contributed by atoms with E-state index in [0.717, 1.165) is 48.5 Å². The van der Waals surface area contributed by atoms with E-state index < -0.39 is 0 Å². The molecule has 7 heteroatoms. The Morgan fingerprint density at radius 3 is 2.34 bits per heavy atom. The van der Waals surface area contributed by atoms with Crippen LogP contribution >= 0.6 is 21.2 Å². The molecule has 0 radical (unpaired) electrons. The van der Waals surface area contributed by atoms with Crippen LogP contribution in [0.25, 0.3) is 0 Å². The van der Waals surface area contributed by atoms with Gasteiger partial charge in [0.15, 0.2) is 0 Å². The van der Waals surface area contributed by atoms with E-state index in [9.17, 15) is 9.18 Å². The smallest absolute Gasteiger partial charge is 0.414 e. The molecule has 0 bridgehead atoms. The number of ether oxygens (including phenoxy) is 1. The average Bonchev–Trinajstić information content (AvgIpc) is 2.81. The molecule has 0 aliphatic carbocycles. The van der Waals surface area contributed by atoms with Crippen LogP contribution in [-0.4, -0.2) is 47.2 Å². The van der Waals surface area contributed by atoms with E-state index in [1.807, 2.05) is 52.0 Å². The number of halogens is 1. The number of rotatable bonds is 6. The van der Waals surface area contributed by atoms with E-state index in [1.54, 1.807) is 4.90 Å². The molecule has 2 saturated heterocycles. The van der Waals surface area contributed by atoms with E-state index in [0.29, 0.717) is 6.16 Å². The van der Waals surface area contributed by atoms with E-state index in [2.05, 4.69) is 33.1 Å². The Hall–Kier alpha value is -1.36. The molecule has 182 valence electrons. The minimum absolute atomic E-state index is 0.0700. The van der Waals surface area contributed by atoms with E-state index in [4.69, 9.17) is 4.74 Å². The Kier molecular flexibility index (Phi) is 17.3. The first kappa shape index (κ1) is 30.6. The van der Waals surface area contributed by atoms with Gasteiger partial charge in [-0.3, -0.25) is 4.90 Å². The van der Waals surface area contributed by atoms with Crippen LogP contribution in [0.3, 0.4) is 0 Å². The maximum Gasteiger partial charge on any atom is 0.414 e. The number of amides is 1. The lowest BCUT2D eigenvalue weighted by molar-refractivity contribution is 0.0829. The summed E-state index contributed by atoms with van der Waals surface area (Å²) >= 11 is 1.48. The van der Waals surface area contributed by atoms with Crippen molar-refractivity contribution in [3.63, 3.8) is 0 Å². The largest absolute Gasteiger partial charge is 0.444 e. The summed E-state index contributed by atoms with van der Waals surface area (Å²) in [5.41, 5.74) is 1.67. The number of carbonyl (C=O) groups is 1. The number of hydrogen-bond acceptors (Lipinski definition) is 4. The molecule has 0 saturated carbocycles. The lowest BCUT2D eigenvalue weighted by Gasteiger charge is -2.40. The molecule has 2 rings (SSSR count). The summed E-state index contributed by atoms with van der Waals surface area (Å²) in [5, 5.41) is 0. The van der Waals surface area contributed by atoms with Gasteiger partial charge in [-0.1, -0.05) is 57.7 Å². The van der Waals surface area contributed by atoms with Crippen molar-refractivity contribution in [2.24, 2.45) is 0 Å². The van der Waals surface area contributed by atoms with E-state index in [1.165, 1.54) is 18.9 Å². The van der Waals surface area contributed by atoms with Gasteiger partial charge in [0.2, 0.25) is 0 Å². The van der Waals surface area contributed by atoms with Gasteiger partial charge in [-0.2, -0.15) is 0 Å². The highest BCUT2D eigenvalue weighted by atomic mass is 32.2. The van der Waals surface area contributed by atoms with Crippen molar-refractivity contribution in [3.8, 4) is 0 Å². The molecule has 0 aromatic rings. The van der Waals surface area contributed by atoms with Crippen LogP contribution < -0.4 is 0 Å². The third-order valence-electron chi connectivity index (χ3n) is 4.81. The molecule has 0 aromatic carbocycles. The molecule has 2 aliphatic rings. The second-order valence-corrected chi connectivity index (χ2v) is 8.58. The van der Waals surface area contributed by atoms with Gasteiger partial charge in [-0.25, -0.2) is 13.5 Å². The van der Waals surface area contributed by atoms with Crippen molar-refractivity contribution in [1.29, 1.82) is 0 Å². The van der Waals surface area contributed by atoms with Gasteiger partial charge in [0.05, 0.1) is 0 Å². The number of hydrogen-bond donors (Lipinski definition) is 0. The van der Waals surface area contributed by atoms with E-state index >= 15 is 0 Å². The first-order chi connectivity index (χ1) is 15.4. The second kappa shape index (κ2) is 18.1. The maximum absolute atomic E-state index is 13.5. The van der Waals surface area contributed by atoms with Gasteiger partial charge in [0.25, 0.3) is 0 Å². The standard InChI is InChI=1S/C19H28FN2O2PS.C4H8.C2H6/c1-4-5-6-7-16-12-24-19(23)22(15(16)3)17-8-10-21(11-9-17)26-18(13-25)14(2)20;1-3-4-2;1-2/h5-7,17H,3-4,8-13,25H2,1-2H3;3-4H,1-2H3;1-2H3/b6-5-,16-7-,18-14-;4-3-;. The summed E-state index contributed by atoms with van der Waals surface area (Å²) in [6.45, 7) is 17.6. The predicted octanol–water partition coefficient (Wildman–Crippen LogP) is 7.64. The summed E-state index contributed by atoms with van der Waals surface area (Å²) < 4.78 is 21.0. The summed E-state index contributed by atoms with van der Waals surface area (Å²) in [7, 11) is 2.57. The Bertz CT molecular complexity index is 688. The van der Waals surface area contributed by atoms with Gasteiger partial charge >= 0.3 is 6.09 Å². The Morgan fingerprint density at radius 1 is 1.28 bits per heavy atom. The highest BCUT2D eigenvalue weighted by Crippen LogP contribution is 2.33. The average molecular weight is 485 g/mol. The fourth-order valence-corrected chi connectivity index (χ4v) is 4.39. The molecule has 2 heterocycles. The van der Waals surface area contributed by atoms with Gasteiger partial charge in [-0.05, 0) is 58.1 Å². The number of carbonyl (C=O) groups excluding carboxylic acids is 1. The van der Waals surface area contributed by atoms with Gasteiger partial charge < -0.3 is 4.74 Å². The Labute approximate surface area is 202 Å². The molecular weight excluding hydrogens is 442 g/mol. The van der Waals surface area contributed by atoms with Crippen molar-refractivity contribution in [3.05, 3.63) is 59.0 Å². The van der Waals surface area contributed by atoms with Crippen molar-refractivity contribution >= 4 is 27.3 Å². The van der Waals surface area contributed by atoms with Crippen molar-refractivity contribution in [2.75, 3.05) is 25.9 Å². The lowest BCUT2D eigenvalue weighted by atomic mass is 10.0. The molecule has 2 fully saturated rings. The fourth-order valence-electron chi connectivity index (χ4n) is 2.98. The normalized spacial score (nSPS) is 20.0. The third-order valence-corrected chi connectivity index (χ3v) is 6.81. The molecule has 2 aliphatic heterocycles. The van der Waals surface area contributed by atoms with Crippen LogP contribution in [0.2, 0.25) is 0 Å². The zero-order valence-corrected chi connectivity index (χ0v) is 22.7. The SMILES string of the molecule is C/C=C\C.C=C1/C(=C\C=C/CC)COC(=O)N1C1CCN(S/C(CP)=C(/C)F)CC1.CC. The maximum atomic E-state index is 13.5. The minimum Gasteiger partial charge on any atom is -0.444 e.